The summed E-state index contributed by atoms with van der Waals surface area (Å²) >= 11 is 0. The van der Waals surface area contributed by atoms with Gasteiger partial charge in [0.15, 0.2) is 6.29 Å². The summed E-state index contributed by atoms with van der Waals surface area (Å²) in [6.07, 6.45) is 9.89. The van der Waals surface area contributed by atoms with Crippen LogP contribution in [0.2, 0.25) is 0 Å². The van der Waals surface area contributed by atoms with Gasteiger partial charge in [0.25, 0.3) is 0 Å². The van der Waals surface area contributed by atoms with Gasteiger partial charge in [-0.1, -0.05) is 38.3 Å². The van der Waals surface area contributed by atoms with Crippen LogP contribution in [0.4, 0.5) is 0 Å². The van der Waals surface area contributed by atoms with E-state index in [0.717, 1.165) is 48.4 Å². The summed E-state index contributed by atoms with van der Waals surface area (Å²) in [6, 6.07) is 5.64. The number of fused-ring (bicyclic) bond motifs is 1. The number of H-pyrrole nitrogens is 1. The van der Waals surface area contributed by atoms with E-state index in [1.54, 1.807) is 12.3 Å². The summed E-state index contributed by atoms with van der Waals surface area (Å²) in [6.45, 7) is 2.60. The first kappa shape index (κ1) is 16.0. The molecular formula is C18H21NO3. The first-order valence-corrected chi connectivity index (χ1v) is 7.66. The van der Waals surface area contributed by atoms with Crippen LogP contribution in [0, 0.1) is 0 Å². The second kappa shape index (κ2) is 8.17. The fourth-order valence-electron chi connectivity index (χ4n) is 2.38. The molecule has 4 heteroatoms. The summed E-state index contributed by atoms with van der Waals surface area (Å²) in [7, 11) is 0. The number of benzene rings is 1. The number of carbonyl (C=O) groups excluding carboxylic acids is 2. The van der Waals surface area contributed by atoms with Crippen molar-refractivity contribution in [3.05, 3.63) is 41.6 Å². The quantitative estimate of drug-likeness (QED) is 0.345. The number of unbranched alkanes of at least 4 members (excludes halogenated alkanes) is 3. The third kappa shape index (κ3) is 4.07. The lowest BCUT2D eigenvalue weighted by molar-refractivity contribution is -0.137. The van der Waals surface area contributed by atoms with E-state index in [1.807, 2.05) is 18.2 Å². The van der Waals surface area contributed by atoms with Gasteiger partial charge in [-0.25, -0.2) is 4.79 Å². The maximum atomic E-state index is 11.7. The number of hydrogen-bond acceptors (Lipinski definition) is 3. The van der Waals surface area contributed by atoms with Crippen LogP contribution in [0.5, 0.6) is 0 Å². The summed E-state index contributed by atoms with van der Waals surface area (Å²) < 4.78 is 5.16. The molecule has 1 heterocycles. The third-order valence-corrected chi connectivity index (χ3v) is 3.54. The number of aromatic nitrogens is 1. The standard InChI is InChI=1S/C18H21NO3/c1-2-3-4-5-11-22-17(21)10-9-14-7-6-8-16-18(14)15(13-20)12-19-16/h6-10,12-13,19H,2-5,11H2,1H3/b10-9+. The molecule has 4 nitrogen and oxygen atoms in total. The molecule has 116 valence electrons. The maximum Gasteiger partial charge on any atom is 0.330 e. The summed E-state index contributed by atoms with van der Waals surface area (Å²) in [5.41, 5.74) is 2.28. The molecule has 0 aliphatic carbocycles. The molecule has 0 amide bonds. The van der Waals surface area contributed by atoms with Gasteiger partial charge in [-0.15, -0.1) is 0 Å². The Morgan fingerprint density at radius 1 is 1.23 bits per heavy atom. The van der Waals surface area contributed by atoms with E-state index in [4.69, 9.17) is 4.74 Å². The van der Waals surface area contributed by atoms with Crippen molar-refractivity contribution in [2.75, 3.05) is 6.61 Å². The van der Waals surface area contributed by atoms with E-state index in [0.29, 0.717) is 12.2 Å². The number of rotatable bonds is 8. The minimum atomic E-state index is -0.350. The van der Waals surface area contributed by atoms with Gasteiger partial charge in [0.2, 0.25) is 0 Å². The monoisotopic (exact) mass is 299 g/mol. The van der Waals surface area contributed by atoms with Crippen LogP contribution in [0.25, 0.3) is 17.0 Å². The Morgan fingerprint density at radius 2 is 2.09 bits per heavy atom. The number of aldehydes is 1. The zero-order valence-electron chi connectivity index (χ0n) is 12.8. The molecule has 1 aromatic carbocycles. The molecule has 0 atom stereocenters. The normalized spacial score (nSPS) is 11.1. The largest absolute Gasteiger partial charge is 0.463 e. The molecule has 0 unspecified atom stereocenters. The van der Waals surface area contributed by atoms with E-state index < -0.39 is 0 Å². The summed E-state index contributed by atoms with van der Waals surface area (Å²) in [5.74, 6) is -0.350. The lowest BCUT2D eigenvalue weighted by Gasteiger charge is -2.02. The molecule has 0 saturated heterocycles. The number of hydrogen-bond donors (Lipinski definition) is 1. The minimum Gasteiger partial charge on any atom is -0.463 e. The molecule has 0 spiro atoms. The highest BCUT2D eigenvalue weighted by Gasteiger charge is 2.06. The van der Waals surface area contributed by atoms with Gasteiger partial charge in [0, 0.05) is 28.7 Å². The van der Waals surface area contributed by atoms with E-state index in [9.17, 15) is 9.59 Å². The molecule has 0 saturated carbocycles. The highest BCUT2D eigenvalue weighted by Crippen LogP contribution is 2.22. The maximum absolute atomic E-state index is 11.7. The zero-order valence-corrected chi connectivity index (χ0v) is 12.8. The third-order valence-electron chi connectivity index (χ3n) is 3.54. The van der Waals surface area contributed by atoms with Gasteiger partial charge in [-0.2, -0.15) is 0 Å². The van der Waals surface area contributed by atoms with Crippen molar-refractivity contribution in [1.29, 1.82) is 0 Å². The predicted octanol–water partition coefficient (Wildman–Crippen LogP) is 4.12. The predicted molar refractivity (Wildman–Crippen MR) is 87.8 cm³/mol. The van der Waals surface area contributed by atoms with Gasteiger partial charge in [0.05, 0.1) is 6.61 Å². The summed E-state index contributed by atoms with van der Waals surface area (Å²) in [4.78, 5) is 25.8. The average Bonchev–Trinajstić information content (AvgIpc) is 2.96. The van der Waals surface area contributed by atoms with Crippen LogP contribution in [-0.2, 0) is 9.53 Å². The molecular weight excluding hydrogens is 278 g/mol. The van der Waals surface area contributed by atoms with Crippen molar-refractivity contribution >= 4 is 29.2 Å². The van der Waals surface area contributed by atoms with Crippen molar-refractivity contribution in [1.82, 2.24) is 4.98 Å². The Hall–Kier alpha value is -2.36. The molecule has 2 aromatic rings. The lowest BCUT2D eigenvalue weighted by atomic mass is 10.1. The molecule has 0 aliphatic rings. The highest BCUT2D eigenvalue weighted by atomic mass is 16.5. The van der Waals surface area contributed by atoms with Gasteiger partial charge in [-0.05, 0) is 24.1 Å². The number of ether oxygens (including phenoxy) is 1. The lowest BCUT2D eigenvalue weighted by Crippen LogP contribution is -2.02. The molecule has 1 aromatic heterocycles. The molecule has 0 aliphatic heterocycles. The Kier molecular flexibility index (Phi) is 5.95. The second-order valence-corrected chi connectivity index (χ2v) is 5.19. The Balaban J connectivity index is 1.99. The number of carbonyl (C=O) groups is 2. The molecule has 0 fully saturated rings. The molecule has 0 bridgehead atoms. The molecule has 0 radical (unpaired) electrons. The van der Waals surface area contributed by atoms with Crippen molar-refractivity contribution < 1.29 is 14.3 Å². The van der Waals surface area contributed by atoms with E-state index in [-0.39, 0.29) is 5.97 Å². The van der Waals surface area contributed by atoms with Crippen LogP contribution in [0.3, 0.4) is 0 Å². The minimum absolute atomic E-state index is 0.350. The first-order valence-electron chi connectivity index (χ1n) is 7.66. The Bertz CT molecular complexity index is 670. The van der Waals surface area contributed by atoms with E-state index in [1.165, 1.54) is 6.08 Å². The Labute approximate surface area is 130 Å². The van der Waals surface area contributed by atoms with Gasteiger partial charge in [0.1, 0.15) is 0 Å². The second-order valence-electron chi connectivity index (χ2n) is 5.19. The Morgan fingerprint density at radius 3 is 2.86 bits per heavy atom. The number of esters is 1. The molecule has 1 N–H and O–H groups in total. The fourth-order valence-corrected chi connectivity index (χ4v) is 2.38. The van der Waals surface area contributed by atoms with Crippen molar-refractivity contribution in [2.45, 2.75) is 32.6 Å². The number of aromatic amines is 1. The fraction of sp³-hybridized carbons (Fsp3) is 0.333. The van der Waals surface area contributed by atoms with E-state index in [2.05, 4.69) is 11.9 Å². The van der Waals surface area contributed by atoms with Crippen LogP contribution in [0.15, 0.2) is 30.5 Å². The number of nitrogens with one attached hydrogen (secondary N) is 1. The van der Waals surface area contributed by atoms with E-state index >= 15 is 0 Å². The average molecular weight is 299 g/mol. The topological polar surface area (TPSA) is 59.2 Å². The SMILES string of the molecule is CCCCCCOC(=O)/C=C/c1cccc2[nH]cc(C=O)c12. The van der Waals surface area contributed by atoms with Crippen LogP contribution < -0.4 is 0 Å². The zero-order chi connectivity index (χ0) is 15.8. The summed E-state index contributed by atoms with van der Waals surface area (Å²) in [5, 5.41) is 0.824. The van der Waals surface area contributed by atoms with Crippen LogP contribution >= 0.6 is 0 Å². The molecule has 22 heavy (non-hydrogen) atoms. The first-order chi connectivity index (χ1) is 10.8. The highest BCUT2D eigenvalue weighted by molar-refractivity contribution is 6.03. The van der Waals surface area contributed by atoms with Crippen LogP contribution in [0.1, 0.15) is 48.5 Å². The smallest absolute Gasteiger partial charge is 0.330 e. The van der Waals surface area contributed by atoms with Gasteiger partial charge in [-0.3, -0.25) is 4.79 Å². The van der Waals surface area contributed by atoms with Gasteiger partial charge < -0.3 is 9.72 Å². The van der Waals surface area contributed by atoms with Crippen LogP contribution in [-0.4, -0.2) is 23.8 Å². The van der Waals surface area contributed by atoms with Crippen molar-refractivity contribution in [2.24, 2.45) is 0 Å². The van der Waals surface area contributed by atoms with Crippen molar-refractivity contribution in [3.63, 3.8) is 0 Å². The van der Waals surface area contributed by atoms with Crippen molar-refractivity contribution in [3.8, 4) is 0 Å². The molecule has 2 rings (SSSR count). The van der Waals surface area contributed by atoms with Gasteiger partial charge >= 0.3 is 5.97 Å².